The molecular weight excluding hydrogens is 553 g/mol. The summed E-state index contributed by atoms with van der Waals surface area (Å²) in [5, 5.41) is 0. The van der Waals surface area contributed by atoms with Crippen LogP contribution in [0.15, 0.2) is 91.0 Å². The predicted octanol–water partition coefficient (Wildman–Crippen LogP) is 6.97. The zero-order valence-electron chi connectivity index (χ0n) is 22.8. The quantitative estimate of drug-likeness (QED) is 0.0931. The zero-order valence-corrected chi connectivity index (χ0v) is 22.8. The Balaban J connectivity index is 1.45. The van der Waals surface area contributed by atoms with Crippen molar-refractivity contribution in [2.75, 3.05) is 19.8 Å². The Labute approximate surface area is 241 Å². The van der Waals surface area contributed by atoms with Crippen molar-refractivity contribution < 1.29 is 46.5 Å². The summed E-state index contributed by atoms with van der Waals surface area (Å²) in [5.74, 6) is -0.929. The number of hydrogen-bond acceptors (Lipinski definition) is 7. The lowest BCUT2D eigenvalue weighted by atomic mass is 10.0. The van der Waals surface area contributed by atoms with Crippen LogP contribution in [0.2, 0.25) is 0 Å². The number of alkyl halides is 3. The van der Waals surface area contributed by atoms with Gasteiger partial charge in [-0.2, -0.15) is 13.2 Å². The van der Waals surface area contributed by atoms with Crippen LogP contribution in [0.4, 0.5) is 13.2 Å². The molecule has 0 aliphatic carbocycles. The van der Waals surface area contributed by atoms with Crippen molar-refractivity contribution in [2.45, 2.75) is 25.9 Å². The summed E-state index contributed by atoms with van der Waals surface area (Å²) in [6, 6.07) is 20.2. The van der Waals surface area contributed by atoms with Crippen LogP contribution in [-0.4, -0.2) is 43.9 Å². The second kappa shape index (κ2) is 15.2. The van der Waals surface area contributed by atoms with E-state index in [2.05, 4.69) is 6.58 Å². The van der Waals surface area contributed by atoms with E-state index in [1.807, 2.05) is 0 Å². The Kier molecular flexibility index (Phi) is 11.5. The average molecular weight is 583 g/mol. The van der Waals surface area contributed by atoms with Gasteiger partial charge in [0.1, 0.15) is 24.7 Å². The highest BCUT2D eigenvalue weighted by Crippen LogP contribution is 2.25. The molecule has 220 valence electrons. The molecule has 0 saturated carbocycles. The third-order valence-corrected chi connectivity index (χ3v) is 5.59. The molecule has 3 rings (SSSR count). The van der Waals surface area contributed by atoms with Crippen molar-refractivity contribution in [1.82, 2.24) is 0 Å². The molecule has 10 heteroatoms. The molecule has 0 radical (unpaired) electrons. The molecule has 0 N–H and O–H groups in total. The van der Waals surface area contributed by atoms with Gasteiger partial charge in [0, 0.05) is 18.1 Å². The molecule has 0 bridgehead atoms. The van der Waals surface area contributed by atoms with Gasteiger partial charge >= 0.3 is 24.1 Å². The molecule has 3 aromatic rings. The summed E-state index contributed by atoms with van der Waals surface area (Å²) < 4.78 is 57.3. The summed E-state index contributed by atoms with van der Waals surface area (Å²) in [6.45, 7) is 4.78. The normalized spacial score (nSPS) is 11.1. The van der Waals surface area contributed by atoms with Gasteiger partial charge in [0.15, 0.2) is 0 Å². The van der Waals surface area contributed by atoms with E-state index in [1.165, 1.54) is 19.1 Å². The summed E-state index contributed by atoms with van der Waals surface area (Å²) in [6.07, 6.45) is -2.44. The van der Waals surface area contributed by atoms with Crippen LogP contribution in [-0.2, 0) is 19.1 Å². The first-order chi connectivity index (χ1) is 20.0. The number of carbonyl (C=O) groups excluding carboxylic acids is 3. The van der Waals surface area contributed by atoms with E-state index in [0.717, 1.165) is 11.1 Å². The smallest absolute Gasteiger partial charge is 0.389 e. The molecular formula is C32H29F3O7. The Hall–Kier alpha value is -4.86. The number of halogens is 3. The Morgan fingerprint density at radius 2 is 1.36 bits per heavy atom. The summed E-state index contributed by atoms with van der Waals surface area (Å²) in [5.41, 5.74) is 2.94. The fourth-order valence-electron chi connectivity index (χ4n) is 3.43. The van der Waals surface area contributed by atoms with Gasteiger partial charge in [-0.05, 0) is 72.5 Å². The minimum absolute atomic E-state index is 0.0263. The summed E-state index contributed by atoms with van der Waals surface area (Å²) >= 11 is 0. The summed E-state index contributed by atoms with van der Waals surface area (Å²) in [4.78, 5) is 35.6. The largest absolute Gasteiger partial charge is 0.494 e. The molecule has 42 heavy (non-hydrogen) atoms. The SMILES string of the molecule is C=C(C)C(=O)OCCOC(=O)/C=C/c1ccc(OC(=O)c2ccc(-c3ccc(OCCCC(F)(F)F)cc3)cc2)cc1. The van der Waals surface area contributed by atoms with E-state index in [4.69, 9.17) is 18.9 Å². The molecule has 7 nitrogen and oxygen atoms in total. The van der Waals surface area contributed by atoms with Crippen molar-refractivity contribution in [3.63, 3.8) is 0 Å². The first-order valence-electron chi connectivity index (χ1n) is 12.9. The lowest BCUT2D eigenvalue weighted by Crippen LogP contribution is -2.12. The maximum absolute atomic E-state index is 12.6. The van der Waals surface area contributed by atoms with Crippen LogP contribution in [0.1, 0.15) is 35.7 Å². The van der Waals surface area contributed by atoms with Crippen molar-refractivity contribution in [3.8, 4) is 22.6 Å². The van der Waals surface area contributed by atoms with Crippen LogP contribution < -0.4 is 9.47 Å². The van der Waals surface area contributed by atoms with Gasteiger partial charge in [-0.3, -0.25) is 0 Å². The van der Waals surface area contributed by atoms with E-state index in [0.29, 0.717) is 22.6 Å². The van der Waals surface area contributed by atoms with E-state index in [1.54, 1.807) is 72.8 Å². The van der Waals surface area contributed by atoms with Crippen LogP contribution >= 0.6 is 0 Å². The monoisotopic (exact) mass is 582 g/mol. The second-order valence-electron chi connectivity index (χ2n) is 9.04. The number of esters is 3. The Bertz CT molecular complexity index is 1390. The number of ether oxygens (including phenoxy) is 4. The van der Waals surface area contributed by atoms with Gasteiger partial charge in [-0.1, -0.05) is 43.0 Å². The molecule has 0 atom stereocenters. The van der Waals surface area contributed by atoms with Gasteiger partial charge in [-0.15, -0.1) is 0 Å². The zero-order chi connectivity index (χ0) is 30.5. The molecule has 0 heterocycles. The minimum Gasteiger partial charge on any atom is -0.494 e. The average Bonchev–Trinajstić information content (AvgIpc) is 2.97. The third kappa shape index (κ3) is 11.0. The van der Waals surface area contributed by atoms with Crippen molar-refractivity contribution in [1.29, 1.82) is 0 Å². The lowest BCUT2D eigenvalue weighted by molar-refractivity contribution is -0.146. The molecule has 0 saturated heterocycles. The lowest BCUT2D eigenvalue weighted by Gasteiger charge is -2.09. The Morgan fingerprint density at radius 3 is 1.95 bits per heavy atom. The molecule has 0 unspecified atom stereocenters. The first kappa shape index (κ1) is 31.7. The van der Waals surface area contributed by atoms with Gasteiger partial charge in [-0.25, -0.2) is 14.4 Å². The van der Waals surface area contributed by atoms with E-state index < -0.39 is 30.5 Å². The number of benzene rings is 3. The highest BCUT2D eigenvalue weighted by Gasteiger charge is 2.26. The second-order valence-corrected chi connectivity index (χ2v) is 9.04. The molecule has 3 aromatic carbocycles. The molecule has 0 spiro atoms. The van der Waals surface area contributed by atoms with Crippen LogP contribution in [0.3, 0.4) is 0 Å². The molecule has 0 aliphatic heterocycles. The first-order valence-corrected chi connectivity index (χ1v) is 12.9. The van der Waals surface area contributed by atoms with E-state index >= 15 is 0 Å². The van der Waals surface area contributed by atoms with Gasteiger partial charge < -0.3 is 18.9 Å². The maximum atomic E-state index is 12.6. The van der Waals surface area contributed by atoms with Crippen LogP contribution in [0, 0.1) is 0 Å². The van der Waals surface area contributed by atoms with Crippen molar-refractivity contribution in [3.05, 3.63) is 102 Å². The number of rotatable bonds is 13. The van der Waals surface area contributed by atoms with E-state index in [-0.39, 0.29) is 31.8 Å². The molecule has 0 fully saturated rings. The number of hydrogen-bond donors (Lipinski definition) is 0. The molecule has 0 amide bonds. The summed E-state index contributed by atoms with van der Waals surface area (Å²) in [7, 11) is 0. The van der Waals surface area contributed by atoms with Crippen molar-refractivity contribution >= 4 is 24.0 Å². The van der Waals surface area contributed by atoms with Crippen molar-refractivity contribution in [2.24, 2.45) is 0 Å². The van der Waals surface area contributed by atoms with Gasteiger partial charge in [0.05, 0.1) is 12.2 Å². The topological polar surface area (TPSA) is 88.1 Å². The van der Waals surface area contributed by atoms with Gasteiger partial charge in [0.2, 0.25) is 0 Å². The molecule has 0 aliphatic rings. The third-order valence-electron chi connectivity index (χ3n) is 5.59. The van der Waals surface area contributed by atoms with Gasteiger partial charge in [0.25, 0.3) is 0 Å². The van der Waals surface area contributed by atoms with Crippen LogP contribution in [0.5, 0.6) is 11.5 Å². The van der Waals surface area contributed by atoms with Crippen LogP contribution in [0.25, 0.3) is 17.2 Å². The molecule has 0 aromatic heterocycles. The predicted molar refractivity (Wildman–Crippen MR) is 150 cm³/mol. The Morgan fingerprint density at radius 1 is 0.786 bits per heavy atom. The minimum atomic E-state index is -4.19. The highest BCUT2D eigenvalue weighted by molar-refractivity contribution is 5.92. The fraction of sp³-hybridized carbons (Fsp3) is 0.219. The fourth-order valence-corrected chi connectivity index (χ4v) is 3.43. The van der Waals surface area contributed by atoms with E-state index in [9.17, 15) is 27.6 Å². The number of carbonyl (C=O) groups is 3. The maximum Gasteiger partial charge on any atom is 0.389 e. The highest BCUT2D eigenvalue weighted by atomic mass is 19.4. The standard InChI is InChI=1S/C32H29F3O7/c1-22(2)30(37)41-21-20-40-29(36)17-6-23-4-13-28(14-5-23)42-31(38)26-9-7-24(8-10-26)25-11-15-27(16-12-25)39-19-3-18-32(33,34)35/h4-17H,1,3,18-21H2,2H3/b17-6+.